The molecule has 136 valence electrons. The minimum absolute atomic E-state index is 0.403. The van der Waals surface area contributed by atoms with Crippen molar-refractivity contribution in [1.29, 1.82) is 0 Å². The fraction of sp³-hybridized carbons (Fsp3) is 1.00. The summed E-state index contributed by atoms with van der Waals surface area (Å²) < 4.78 is 81.7. The summed E-state index contributed by atoms with van der Waals surface area (Å²) in [5.41, 5.74) is 3.94. The zero-order valence-electron chi connectivity index (χ0n) is 10.5. The van der Waals surface area contributed by atoms with Gasteiger partial charge in [0, 0.05) is 0 Å². The molecular formula is C7H14F6NO7P. The van der Waals surface area contributed by atoms with Crippen molar-refractivity contribution < 1.29 is 60.5 Å². The number of phosphoric acid groups is 1. The Bertz CT molecular complexity index is 343. The summed E-state index contributed by atoms with van der Waals surface area (Å²) >= 11 is 0. The largest absolute Gasteiger partial charge is 0.470 e. The monoisotopic (exact) mass is 369 g/mol. The van der Waals surface area contributed by atoms with E-state index in [1.807, 2.05) is 0 Å². The molecule has 0 spiro atoms. The van der Waals surface area contributed by atoms with Crippen molar-refractivity contribution in [1.82, 2.24) is 0 Å². The molecule has 0 amide bonds. The summed E-state index contributed by atoms with van der Waals surface area (Å²) in [6, 6.07) is 0. The molecular weight excluding hydrogens is 355 g/mol. The van der Waals surface area contributed by atoms with Crippen molar-refractivity contribution in [2.75, 3.05) is 19.8 Å². The number of alkyl halides is 6. The van der Waals surface area contributed by atoms with Gasteiger partial charge in [0.25, 0.3) is 6.10 Å². The summed E-state index contributed by atoms with van der Waals surface area (Å²) in [4.78, 5) is 15.6. The standard InChI is InChI=1S/C4H11NO3.C3H3F6O4P/c5-4(1-6,2-7)3-8;4-2(5,6)1(3(7,8)9)13-14(10,11)12/h6-8H,1-3,5H2;1H,(H2,10,11,12). The summed E-state index contributed by atoms with van der Waals surface area (Å²) in [5, 5.41) is 25.0. The predicted octanol–water partition coefficient (Wildman–Crippen LogP) is -0.750. The first-order chi connectivity index (χ1) is 9.52. The van der Waals surface area contributed by atoms with E-state index in [2.05, 4.69) is 4.52 Å². The zero-order chi connectivity index (χ0) is 18.4. The number of hydrogen-bond acceptors (Lipinski definition) is 6. The number of phosphoric ester groups is 1. The third-order valence-electron chi connectivity index (χ3n) is 1.78. The van der Waals surface area contributed by atoms with Crippen LogP contribution in [0.2, 0.25) is 0 Å². The smallest absolute Gasteiger partial charge is 0.394 e. The fourth-order valence-electron chi connectivity index (χ4n) is 0.592. The van der Waals surface area contributed by atoms with Crippen LogP contribution in [0.15, 0.2) is 0 Å². The van der Waals surface area contributed by atoms with Gasteiger partial charge < -0.3 is 30.8 Å². The molecule has 0 bridgehead atoms. The fourth-order valence-corrected chi connectivity index (χ4v) is 1.11. The molecule has 0 radical (unpaired) electrons. The Kier molecular flexibility index (Phi) is 9.09. The van der Waals surface area contributed by atoms with Crippen LogP contribution >= 0.6 is 7.82 Å². The van der Waals surface area contributed by atoms with Crippen LogP contribution in [0.3, 0.4) is 0 Å². The molecule has 0 aromatic heterocycles. The van der Waals surface area contributed by atoms with Crippen LogP contribution in [-0.4, -0.2) is 68.9 Å². The van der Waals surface area contributed by atoms with E-state index in [9.17, 15) is 30.9 Å². The Balaban J connectivity index is 0. The van der Waals surface area contributed by atoms with E-state index in [0.29, 0.717) is 0 Å². The topological polar surface area (TPSA) is 153 Å². The number of rotatable bonds is 5. The summed E-state index contributed by atoms with van der Waals surface area (Å²) in [6.07, 6.45) is -16.4. The summed E-state index contributed by atoms with van der Waals surface area (Å²) in [6.45, 7) is -1.21. The van der Waals surface area contributed by atoms with Gasteiger partial charge in [0.15, 0.2) is 0 Å². The molecule has 0 aromatic carbocycles. The van der Waals surface area contributed by atoms with Crippen molar-refractivity contribution in [3.05, 3.63) is 0 Å². The maximum Gasteiger partial charge on any atom is 0.470 e. The van der Waals surface area contributed by atoms with Gasteiger partial charge in [0.05, 0.1) is 25.4 Å². The number of hydrogen-bond donors (Lipinski definition) is 6. The first kappa shape index (κ1) is 23.8. The summed E-state index contributed by atoms with van der Waals surface area (Å²) in [5.74, 6) is 0. The van der Waals surface area contributed by atoms with Gasteiger partial charge in [-0.1, -0.05) is 0 Å². The van der Waals surface area contributed by atoms with E-state index < -0.39 is 51.6 Å². The predicted molar refractivity (Wildman–Crippen MR) is 57.2 cm³/mol. The highest BCUT2D eigenvalue weighted by Gasteiger charge is 2.60. The van der Waals surface area contributed by atoms with Gasteiger partial charge in [-0.15, -0.1) is 0 Å². The molecule has 0 saturated heterocycles. The van der Waals surface area contributed by atoms with Crippen molar-refractivity contribution in [3.63, 3.8) is 0 Å². The van der Waals surface area contributed by atoms with Crippen molar-refractivity contribution in [3.8, 4) is 0 Å². The molecule has 22 heavy (non-hydrogen) atoms. The highest BCUT2D eigenvalue weighted by molar-refractivity contribution is 7.46. The quantitative estimate of drug-likeness (QED) is 0.273. The van der Waals surface area contributed by atoms with Gasteiger partial charge in [-0.3, -0.25) is 4.52 Å². The molecule has 0 atom stereocenters. The van der Waals surface area contributed by atoms with Crippen molar-refractivity contribution >= 4 is 7.82 Å². The molecule has 8 nitrogen and oxygen atoms in total. The Labute approximate surface area is 119 Å². The molecule has 0 aromatic rings. The van der Waals surface area contributed by atoms with Crippen molar-refractivity contribution in [2.24, 2.45) is 5.73 Å². The van der Waals surface area contributed by atoms with Gasteiger partial charge in [-0.05, 0) is 0 Å². The lowest BCUT2D eigenvalue weighted by molar-refractivity contribution is -0.303. The second kappa shape index (κ2) is 8.40. The van der Waals surface area contributed by atoms with Crippen LogP contribution in [-0.2, 0) is 9.09 Å². The number of nitrogens with two attached hydrogens (primary N) is 1. The average Bonchev–Trinajstić information content (AvgIpc) is 2.32. The van der Waals surface area contributed by atoms with E-state index in [0.717, 1.165) is 0 Å². The Morgan fingerprint density at radius 3 is 1.23 bits per heavy atom. The molecule has 7 N–H and O–H groups in total. The van der Waals surface area contributed by atoms with E-state index >= 15 is 0 Å². The first-order valence-corrected chi connectivity index (χ1v) is 6.54. The van der Waals surface area contributed by atoms with Gasteiger partial charge in [0.1, 0.15) is 0 Å². The minimum atomic E-state index is -5.93. The first-order valence-electron chi connectivity index (χ1n) is 5.01. The molecule has 0 fully saturated rings. The molecule has 15 heteroatoms. The van der Waals surface area contributed by atoms with Crippen LogP contribution < -0.4 is 5.73 Å². The van der Waals surface area contributed by atoms with Crippen LogP contribution in [0, 0.1) is 0 Å². The Morgan fingerprint density at radius 2 is 1.18 bits per heavy atom. The van der Waals surface area contributed by atoms with Gasteiger partial charge >= 0.3 is 20.2 Å². The molecule has 0 heterocycles. The minimum Gasteiger partial charge on any atom is -0.394 e. The lowest BCUT2D eigenvalue weighted by atomic mass is 10.1. The number of halogens is 6. The van der Waals surface area contributed by atoms with Gasteiger partial charge in [-0.2, -0.15) is 26.3 Å². The third-order valence-corrected chi connectivity index (χ3v) is 2.27. The molecule has 0 aliphatic heterocycles. The highest BCUT2D eigenvalue weighted by atomic mass is 31.2. The molecule has 0 aliphatic rings. The van der Waals surface area contributed by atoms with Gasteiger partial charge in [0.2, 0.25) is 0 Å². The Hall–Kier alpha value is -0.470. The van der Waals surface area contributed by atoms with E-state index in [1.54, 1.807) is 0 Å². The second-order valence-corrected chi connectivity index (χ2v) is 5.09. The molecule has 0 rings (SSSR count). The lowest BCUT2D eigenvalue weighted by Gasteiger charge is -2.22. The summed E-state index contributed by atoms with van der Waals surface area (Å²) in [7, 11) is -5.85. The maximum absolute atomic E-state index is 11.6. The SMILES string of the molecule is NC(CO)(CO)CO.O=P(O)(O)OC(C(F)(F)F)C(F)(F)F. The Morgan fingerprint density at radius 1 is 0.909 bits per heavy atom. The van der Waals surface area contributed by atoms with Crippen molar-refractivity contribution in [2.45, 2.75) is 24.0 Å². The van der Waals surface area contributed by atoms with E-state index in [1.165, 1.54) is 0 Å². The number of aliphatic hydroxyl groups excluding tert-OH is 3. The third kappa shape index (κ3) is 10.3. The zero-order valence-corrected chi connectivity index (χ0v) is 11.4. The average molecular weight is 369 g/mol. The molecule has 0 saturated carbocycles. The molecule has 0 aliphatic carbocycles. The normalized spacial score (nSPS) is 13.9. The van der Waals surface area contributed by atoms with Crippen LogP contribution in [0.4, 0.5) is 26.3 Å². The number of aliphatic hydroxyl groups is 3. The second-order valence-electron chi connectivity index (χ2n) is 3.90. The van der Waals surface area contributed by atoms with Crippen LogP contribution in [0.25, 0.3) is 0 Å². The molecule has 0 unspecified atom stereocenters. The van der Waals surface area contributed by atoms with Crippen LogP contribution in [0.5, 0.6) is 0 Å². The lowest BCUT2D eigenvalue weighted by Crippen LogP contribution is -2.50. The highest BCUT2D eigenvalue weighted by Crippen LogP contribution is 2.46. The van der Waals surface area contributed by atoms with E-state index in [-0.39, 0.29) is 0 Å². The van der Waals surface area contributed by atoms with E-state index in [4.69, 9.17) is 30.8 Å². The van der Waals surface area contributed by atoms with Crippen LogP contribution in [0.1, 0.15) is 0 Å². The maximum atomic E-state index is 11.6. The van der Waals surface area contributed by atoms with Gasteiger partial charge in [-0.25, -0.2) is 4.57 Å².